The number of phenolic OH excluding ortho intramolecular Hbond substituents is 1. The Balaban J connectivity index is 2.07. The lowest BCUT2D eigenvalue weighted by molar-refractivity contribution is 0.0430. The molecule has 0 aliphatic rings. The van der Waals surface area contributed by atoms with E-state index in [2.05, 4.69) is 10.3 Å². The van der Waals surface area contributed by atoms with Crippen molar-refractivity contribution in [3.05, 3.63) is 29.5 Å². The average Bonchev–Trinajstić information content (AvgIpc) is 2.66. The number of rotatable bonds is 6. The molecule has 0 saturated heterocycles. The zero-order valence-corrected chi connectivity index (χ0v) is 11.2. The van der Waals surface area contributed by atoms with Crippen LogP contribution in [0.4, 0.5) is 0 Å². The van der Waals surface area contributed by atoms with Gasteiger partial charge < -0.3 is 19.9 Å². The van der Waals surface area contributed by atoms with Crippen molar-refractivity contribution in [2.24, 2.45) is 0 Å². The quantitative estimate of drug-likeness (QED) is 0.593. The van der Waals surface area contributed by atoms with Gasteiger partial charge in [-0.1, -0.05) is 0 Å². The number of H-pyrrole nitrogens is 1. The lowest BCUT2D eigenvalue weighted by atomic mass is 10.1. The summed E-state index contributed by atoms with van der Waals surface area (Å²) in [6.45, 7) is 2.93. The highest BCUT2D eigenvalue weighted by atomic mass is 16.5. The summed E-state index contributed by atoms with van der Waals surface area (Å²) in [5.74, 6) is 0.264. The minimum atomic E-state index is -0.649. The fourth-order valence-electron chi connectivity index (χ4n) is 2.27. The molecule has 1 atom stereocenters. The van der Waals surface area contributed by atoms with Gasteiger partial charge in [0.1, 0.15) is 12.0 Å². The molecule has 5 nitrogen and oxygen atoms in total. The van der Waals surface area contributed by atoms with E-state index < -0.39 is 6.23 Å². The first-order valence-electron chi connectivity index (χ1n) is 6.32. The molecule has 0 saturated carbocycles. The lowest BCUT2D eigenvalue weighted by Gasteiger charge is -2.11. The van der Waals surface area contributed by atoms with E-state index >= 15 is 0 Å². The predicted molar refractivity (Wildman–Crippen MR) is 74.3 cm³/mol. The lowest BCUT2D eigenvalue weighted by Crippen LogP contribution is -2.34. The molecule has 1 aromatic heterocycles. The smallest absolute Gasteiger partial charge is 0.128 e. The van der Waals surface area contributed by atoms with Crippen molar-refractivity contribution in [1.82, 2.24) is 10.3 Å². The third-order valence-corrected chi connectivity index (χ3v) is 3.18. The van der Waals surface area contributed by atoms with Crippen molar-refractivity contribution in [3.8, 4) is 5.75 Å². The molecule has 0 aliphatic heterocycles. The van der Waals surface area contributed by atoms with Gasteiger partial charge in [0.25, 0.3) is 0 Å². The predicted octanol–water partition coefficient (Wildman–Crippen LogP) is 1.28. The normalized spacial score (nSPS) is 13.0. The monoisotopic (exact) mass is 264 g/mol. The summed E-state index contributed by atoms with van der Waals surface area (Å²) in [4.78, 5) is 3.29. The second-order valence-corrected chi connectivity index (χ2v) is 4.63. The number of phenols is 1. The zero-order valence-electron chi connectivity index (χ0n) is 11.2. The van der Waals surface area contributed by atoms with Crippen LogP contribution in [0.3, 0.4) is 0 Å². The molecule has 2 aromatic rings. The number of fused-ring (bicyclic) bond motifs is 1. The largest absolute Gasteiger partial charge is 0.508 e. The summed E-state index contributed by atoms with van der Waals surface area (Å²) in [5.41, 5.74) is 3.26. The molecule has 0 amide bonds. The molecule has 0 aliphatic carbocycles. The van der Waals surface area contributed by atoms with Gasteiger partial charge in [0.15, 0.2) is 0 Å². The van der Waals surface area contributed by atoms with Crippen molar-refractivity contribution >= 4 is 10.9 Å². The fraction of sp³-hybridized carbons (Fsp3) is 0.429. The first-order chi connectivity index (χ1) is 9.11. The molecule has 0 radical (unpaired) electrons. The Kier molecular flexibility index (Phi) is 4.42. The van der Waals surface area contributed by atoms with Crippen LogP contribution in [-0.4, -0.2) is 41.7 Å². The summed E-state index contributed by atoms with van der Waals surface area (Å²) in [5, 5.41) is 23.1. The number of aliphatic hydroxyl groups excluding tert-OH is 1. The summed E-state index contributed by atoms with van der Waals surface area (Å²) < 4.78 is 4.85. The van der Waals surface area contributed by atoms with E-state index in [1.807, 2.05) is 13.0 Å². The van der Waals surface area contributed by atoms with Gasteiger partial charge in [-0.05, 0) is 37.1 Å². The molecule has 2 rings (SSSR count). The number of aromatic amines is 1. The van der Waals surface area contributed by atoms with E-state index in [0.717, 1.165) is 28.6 Å². The summed E-state index contributed by atoms with van der Waals surface area (Å²) >= 11 is 0. The van der Waals surface area contributed by atoms with Gasteiger partial charge >= 0.3 is 0 Å². The van der Waals surface area contributed by atoms with Crippen LogP contribution in [0.2, 0.25) is 0 Å². The van der Waals surface area contributed by atoms with Crippen molar-refractivity contribution in [2.45, 2.75) is 19.6 Å². The Morgan fingerprint density at radius 2 is 2.21 bits per heavy atom. The zero-order chi connectivity index (χ0) is 13.8. The maximum absolute atomic E-state index is 9.56. The molecule has 19 heavy (non-hydrogen) atoms. The molecule has 0 bridgehead atoms. The van der Waals surface area contributed by atoms with E-state index in [-0.39, 0.29) is 12.4 Å². The average molecular weight is 264 g/mol. The SMILES string of the molecule is COCC(O)NCCc1c(C)[nH]c2ccc(O)cc12. The summed E-state index contributed by atoms with van der Waals surface area (Å²) in [6, 6.07) is 5.30. The van der Waals surface area contributed by atoms with E-state index in [1.165, 1.54) is 0 Å². The first kappa shape index (κ1) is 13.9. The van der Waals surface area contributed by atoms with E-state index in [4.69, 9.17) is 4.74 Å². The van der Waals surface area contributed by atoms with Gasteiger partial charge in [-0.2, -0.15) is 0 Å². The standard InChI is InChI=1S/C14H20N2O3/c1-9-11(5-6-15-14(18)8-19-2)12-7-10(17)3-4-13(12)16-9/h3-4,7,14-18H,5-6,8H2,1-2H3. The number of aromatic nitrogens is 1. The van der Waals surface area contributed by atoms with E-state index in [1.54, 1.807) is 19.2 Å². The Hall–Kier alpha value is -1.56. The van der Waals surface area contributed by atoms with Crippen LogP contribution in [0, 0.1) is 6.92 Å². The van der Waals surface area contributed by atoms with Gasteiger partial charge in [-0.3, -0.25) is 5.32 Å². The van der Waals surface area contributed by atoms with Crippen LogP contribution in [0.25, 0.3) is 10.9 Å². The number of aryl methyl sites for hydroxylation is 1. The molecular formula is C14H20N2O3. The number of aliphatic hydroxyl groups is 1. The third-order valence-electron chi connectivity index (χ3n) is 3.18. The summed E-state index contributed by atoms with van der Waals surface area (Å²) in [6.07, 6.45) is 0.125. The number of hydrogen-bond acceptors (Lipinski definition) is 4. The number of hydrogen-bond donors (Lipinski definition) is 4. The highest BCUT2D eigenvalue weighted by molar-refractivity contribution is 5.85. The van der Waals surface area contributed by atoms with Crippen LogP contribution in [0.15, 0.2) is 18.2 Å². The van der Waals surface area contributed by atoms with E-state index in [0.29, 0.717) is 6.54 Å². The van der Waals surface area contributed by atoms with E-state index in [9.17, 15) is 10.2 Å². The maximum atomic E-state index is 9.56. The second kappa shape index (κ2) is 6.06. The molecular weight excluding hydrogens is 244 g/mol. The molecule has 1 aromatic carbocycles. The number of nitrogens with one attached hydrogen (secondary N) is 2. The Morgan fingerprint density at radius 3 is 2.95 bits per heavy atom. The number of benzene rings is 1. The topological polar surface area (TPSA) is 77.5 Å². The minimum Gasteiger partial charge on any atom is -0.508 e. The van der Waals surface area contributed by atoms with Gasteiger partial charge in [-0.25, -0.2) is 0 Å². The minimum absolute atomic E-state index is 0.264. The van der Waals surface area contributed by atoms with Crippen LogP contribution in [0.1, 0.15) is 11.3 Å². The van der Waals surface area contributed by atoms with Crippen LogP contribution in [0.5, 0.6) is 5.75 Å². The highest BCUT2D eigenvalue weighted by Gasteiger charge is 2.09. The van der Waals surface area contributed by atoms with Gasteiger partial charge in [0.05, 0.1) is 6.61 Å². The molecule has 0 spiro atoms. The maximum Gasteiger partial charge on any atom is 0.128 e. The molecule has 1 unspecified atom stereocenters. The highest BCUT2D eigenvalue weighted by Crippen LogP contribution is 2.25. The van der Waals surface area contributed by atoms with Gasteiger partial charge in [0.2, 0.25) is 0 Å². The van der Waals surface area contributed by atoms with Crippen LogP contribution in [-0.2, 0) is 11.2 Å². The Labute approximate surface area is 112 Å². The molecule has 4 N–H and O–H groups in total. The van der Waals surface area contributed by atoms with Gasteiger partial charge in [0, 0.05) is 30.3 Å². The third kappa shape index (κ3) is 3.26. The fourth-order valence-corrected chi connectivity index (χ4v) is 2.27. The molecule has 5 heteroatoms. The number of aromatic hydroxyl groups is 1. The Morgan fingerprint density at radius 1 is 1.42 bits per heavy atom. The summed E-state index contributed by atoms with van der Waals surface area (Å²) in [7, 11) is 1.55. The van der Waals surface area contributed by atoms with Crippen molar-refractivity contribution in [2.75, 3.05) is 20.3 Å². The van der Waals surface area contributed by atoms with Crippen molar-refractivity contribution in [1.29, 1.82) is 0 Å². The molecule has 0 fully saturated rings. The van der Waals surface area contributed by atoms with Crippen LogP contribution < -0.4 is 5.32 Å². The Bertz CT molecular complexity index is 551. The van der Waals surface area contributed by atoms with Crippen LogP contribution >= 0.6 is 0 Å². The van der Waals surface area contributed by atoms with Crippen molar-refractivity contribution < 1.29 is 14.9 Å². The van der Waals surface area contributed by atoms with Gasteiger partial charge in [-0.15, -0.1) is 0 Å². The first-order valence-corrected chi connectivity index (χ1v) is 6.32. The second-order valence-electron chi connectivity index (χ2n) is 4.63. The van der Waals surface area contributed by atoms with Crippen molar-refractivity contribution in [3.63, 3.8) is 0 Å². The number of ether oxygens (including phenoxy) is 1. The molecule has 104 valence electrons. The molecule has 1 heterocycles. The number of methoxy groups -OCH3 is 1.